The van der Waals surface area contributed by atoms with E-state index in [0.717, 1.165) is 22.7 Å². The Labute approximate surface area is 315 Å². The number of hydrogen-bond donors (Lipinski definition) is 2. The second-order valence-corrected chi connectivity index (χ2v) is 15.7. The van der Waals surface area contributed by atoms with Crippen LogP contribution < -0.4 is 10.6 Å². The highest BCUT2D eigenvalue weighted by Crippen LogP contribution is 2.51. The van der Waals surface area contributed by atoms with Crippen molar-refractivity contribution in [3.63, 3.8) is 0 Å². The topological polar surface area (TPSA) is 92.3 Å². The molecule has 8 rings (SSSR count). The van der Waals surface area contributed by atoms with Crippen LogP contribution in [0.15, 0.2) is 109 Å². The number of halogens is 4. The van der Waals surface area contributed by atoms with Crippen molar-refractivity contribution in [1.82, 2.24) is 0 Å². The quantitative estimate of drug-likeness (QED) is 0.175. The Hall–Kier alpha value is -5.00. The standard InChI is InChI=1S/2C20H13ClFNO2S/c1-20(12-7-3-2-4-8-12)16(24)15-14(11-6-5-9-13(22)10-11)17(21)26-18(15)23-19(20)25;1-20(11-7-3-2-4-8-11)16(24)15-14(12-9-5-6-10-13(12)22)17(21)26-18(15)23-19(20)25/h2*2-10H,1H3,(H,23,25). The third kappa shape index (κ3) is 5.67. The fraction of sp³-hybridized carbons (Fsp3) is 0.100. The summed E-state index contributed by atoms with van der Waals surface area (Å²) in [5, 5.41) is 6.35. The number of Topliss-reactive ketones (excluding diaryl/α,β-unsaturated/α-hetero) is 2. The second-order valence-electron chi connectivity index (χ2n) is 12.4. The van der Waals surface area contributed by atoms with Crippen molar-refractivity contribution in [2.24, 2.45) is 0 Å². The summed E-state index contributed by atoms with van der Waals surface area (Å²) in [4.78, 5) is 52.4. The van der Waals surface area contributed by atoms with Gasteiger partial charge >= 0.3 is 0 Å². The molecule has 52 heavy (non-hydrogen) atoms. The summed E-state index contributed by atoms with van der Waals surface area (Å²) in [6.45, 7) is 3.18. The Morgan fingerprint density at radius 2 is 1.02 bits per heavy atom. The fourth-order valence-corrected chi connectivity index (χ4v) is 9.19. The SMILES string of the molecule is CC1(c2ccccc2)C(=O)Nc2sc(Cl)c(-c3cccc(F)c3)c2C1=O.CC1(c2ccccc2)C(=O)Nc2sc(Cl)c(-c3ccccc3F)c2C1=O. The zero-order valence-electron chi connectivity index (χ0n) is 27.4. The van der Waals surface area contributed by atoms with Crippen LogP contribution in [-0.2, 0) is 20.4 Å². The predicted octanol–water partition coefficient (Wildman–Crippen LogP) is 10.6. The highest BCUT2D eigenvalue weighted by Gasteiger charge is 2.51. The lowest BCUT2D eigenvalue weighted by Crippen LogP contribution is -2.48. The van der Waals surface area contributed by atoms with Crippen LogP contribution >= 0.6 is 45.9 Å². The van der Waals surface area contributed by atoms with Crippen molar-refractivity contribution < 1.29 is 28.0 Å². The number of hydrogen-bond acceptors (Lipinski definition) is 6. The molecule has 260 valence electrons. The van der Waals surface area contributed by atoms with E-state index in [0.29, 0.717) is 47.7 Å². The van der Waals surface area contributed by atoms with E-state index in [2.05, 4.69) is 10.6 Å². The number of rotatable bonds is 4. The summed E-state index contributed by atoms with van der Waals surface area (Å²) in [5.41, 5.74) is 0.528. The molecule has 2 amide bonds. The second kappa shape index (κ2) is 13.5. The molecule has 6 aromatic rings. The first-order chi connectivity index (χ1) is 24.9. The van der Waals surface area contributed by atoms with Crippen LogP contribution in [0, 0.1) is 11.6 Å². The molecule has 4 heterocycles. The maximum Gasteiger partial charge on any atom is 0.243 e. The third-order valence-corrected chi connectivity index (χ3v) is 12.0. The number of anilines is 2. The lowest BCUT2D eigenvalue weighted by molar-refractivity contribution is -0.120. The van der Waals surface area contributed by atoms with Gasteiger partial charge in [0.1, 0.15) is 41.1 Å². The molecule has 0 saturated carbocycles. The normalized spacial score (nSPS) is 19.2. The highest BCUT2D eigenvalue weighted by atomic mass is 35.5. The van der Waals surface area contributed by atoms with Gasteiger partial charge in [-0.1, -0.05) is 114 Å². The molecule has 2 aliphatic heterocycles. The summed E-state index contributed by atoms with van der Waals surface area (Å²) in [7, 11) is 0. The van der Waals surface area contributed by atoms with Gasteiger partial charge in [0.2, 0.25) is 11.8 Å². The largest absolute Gasteiger partial charge is 0.316 e. The minimum Gasteiger partial charge on any atom is -0.316 e. The monoisotopic (exact) mass is 770 g/mol. The van der Waals surface area contributed by atoms with Crippen molar-refractivity contribution in [3.8, 4) is 22.3 Å². The van der Waals surface area contributed by atoms with Crippen molar-refractivity contribution >= 4 is 79.3 Å². The molecule has 2 aromatic heterocycles. The summed E-state index contributed by atoms with van der Waals surface area (Å²) >= 11 is 14.9. The molecule has 0 saturated heterocycles. The van der Waals surface area contributed by atoms with Crippen molar-refractivity contribution in [2.75, 3.05) is 10.6 Å². The summed E-state index contributed by atoms with van der Waals surface area (Å²) in [6, 6.07) is 29.8. The Kier molecular flexibility index (Phi) is 9.21. The number of ketones is 2. The Bertz CT molecular complexity index is 2430. The van der Waals surface area contributed by atoms with Gasteiger partial charge in [-0.25, -0.2) is 8.78 Å². The number of fused-ring (bicyclic) bond motifs is 2. The van der Waals surface area contributed by atoms with Gasteiger partial charge in [0, 0.05) is 16.7 Å². The van der Waals surface area contributed by atoms with E-state index >= 15 is 0 Å². The molecule has 2 atom stereocenters. The molecule has 12 heteroatoms. The van der Waals surface area contributed by atoms with Gasteiger partial charge in [0.25, 0.3) is 0 Å². The van der Waals surface area contributed by atoms with Gasteiger partial charge in [-0.05, 0) is 48.7 Å². The molecule has 0 spiro atoms. The lowest BCUT2D eigenvalue weighted by Gasteiger charge is -2.31. The molecular formula is C40H26Cl2F2N2O4S2. The molecule has 0 bridgehead atoms. The number of carbonyl (C=O) groups is 4. The van der Waals surface area contributed by atoms with Crippen LogP contribution in [0.25, 0.3) is 22.3 Å². The van der Waals surface area contributed by atoms with E-state index < -0.39 is 34.3 Å². The Morgan fingerprint density at radius 3 is 1.52 bits per heavy atom. The van der Waals surface area contributed by atoms with Crippen LogP contribution in [0.1, 0.15) is 45.7 Å². The maximum absolute atomic E-state index is 14.4. The zero-order valence-corrected chi connectivity index (χ0v) is 30.5. The lowest BCUT2D eigenvalue weighted by atomic mass is 9.73. The third-order valence-electron chi connectivity index (χ3n) is 9.41. The predicted molar refractivity (Wildman–Crippen MR) is 203 cm³/mol. The molecular weight excluding hydrogens is 745 g/mol. The number of nitrogens with one attached hydrogen (secondary N) is 2. The average molecular weight is 772 g/mol. The first-order valence-electron chi connectivity index (χ1n) is 15.9. The summed E-state index contributed by atoms with van der Waals surface area (Å²) in [6.07, 6.45) is 0. The molecule has 4 aromatic carbocycles. The van der Waals surface area contributed by atoms with Gasteiger partial charge in [-0.3, -0.25) is 19.2 Å². The molecule has 0 radical (unpaired) electrons. The van der Waals surface area contributed by atoms with Gasteiger partial charge in [-0.2, -0.15) is 0 Å². The molecule has 2 aliphatic rings. The van der Waals surface area contributed by atoms with Crippen LogP contribution in [0.4, 0.5) is 18.8 Å². The Morgan fingerprint density at radius 1 is 0.558 bits per heavy atom. The van der Waals surface area contributed by atoms with Gasteiger partial charge in [0.05, 0.1) is 11.1 Å². The number of amides is 2. The first-order valence-corrected chi connectivity index (χ1v) is 18.2. The van der Waals surface area contributed by atoms with Crippen molar-refractivity contribution in [2.45, 2.75) is 24.7 Å². The number of thiophene rings is 2. The summed E-state index contributed by atoms with van der Waals surface area (Å²) < 4.78 is 28.7. The van der Waals surface area contributed by atoms with Crippen molar-refractivity contribution in [3.05, 3.63) is 152 Å². The van der Waals surface area contributed by atoms with Crippen molar-refractivity contribution in [1.29, 1.82) is 0 Å². The minimum atomic E-state index is -1.40. The van der Waals surface area contributed by atoms with Gasteiger partial charge in [0.15, 0.2) is 11.6 Å². The molecule has 6 nitrogen and oxygen atoms in total. The summed E-state index contributed by atoms with van der Waals surface area (Å²) in [5.74, 6) is -2.43. The smallest absolute Gasteiger partial charge is 0.243 e. The van der Waals surface area contributed by atoms with E-state index in [-0.39, 0.29) is 27.0 Å². The van der Waals surface area contributed by atoms with Crippen LogP contribution in [-0.4, -0.2) is 23.4 Å². The molecule has 0 aliphatic carbocycles. The van der Waals surface area contributed by atoms with E-state index in [9.17, 15) is 28.0 Å². The molecule has 0 fully saturated rings. The van der Waals surface area contributed by atoms with E-state index in [1.807, 2.05) is 12.1 Å². The molecule has 2 N–H and O–H groups in total. The number of carbonyl (C=O) groups excluding carboxylic acids is 4. The highest BCUT2D eigenvalue weighted by molar-refractivity contribution is 7.21. The number of benzene rings is 4. The maximum atomic E-state index is 14.4. The van der Waals surface area contributed by atoms with E-state index in [4.69, 9.17) is 23.2 Å². The molecule has 2 unspecified atom stereocenters. The van der Waals surface area contributed by atoms with Crippen LogP contribution in [0.3, 0.4) is 0 Å². The Balaban J connectivity index is 0.000000162. The van der Waals surface area contributed by atoms with Crippen LogP contribution in [0.2, 0.25) is 8.67 Å². The van der Waals surface area contributed by atoms with Crippen LogP contribution in [0.5, 0.6) is 0 Å². The van der Waals surface area contributed by atoms with Gasteiger partial charge in [-0.15, -0.1) is 22.7 Å². The average Bonchev–Trinajstić information content (AvgIpc) is 3.65. The fourth-order valence-electron chi connectivity index (χ4n) is 6.45. The van der Waals surface area contributed by atoms with E-state index in [1.54, 1.807) is 92.7 Å². The van der Waals surface area contributed by atoms with E-state index in [1.165, 1.54) is 18.2 Å². The zero-order chi connectivity index (χ0) is 36.9. The van der Waals surface area contributed by atoms with Gasteiger partial charge < -0.3 is 10.6 Å². The first kappa shape index (κ1) is 35.4. The minimum absolute atomic E-state index is 0.245.